The normalized spacial score (nSPS) is 13.5. The van der Waals surface area contributed by atoms with Gasteiger partial charge in [0.25, 0.3) is 0 Å². The van der Waals surface area contributed by atoms with Crippen molar-refractivity contribution in [1.29, 1.82) is 0 Å². The molecule has 0 atom stereocenters. The molecule has 6 heteroatoms. The van der Waals surface area contributed by atoms with E-state index in [4.69, 9.17) is 10.5 Å². The number of aryl methyl sites for hydroxylation is 1. The summed E-state index contributed by atoms with van der Waals surface area (Å²) in [6.45, 7) is 0. The smallest absolute Gasteiger partial charge is 0.224 e. The van der Waals surface area contributed by atoms with E-state index in [1.807, 2.05) is 0 Å². The number of carbonyl (C=O) groups is 1. The fourth-order valence-corrected chi connectivity index (χ4v) is 2.51. The summed E-state index contributed by atoms with van der Waals surface area (Å²) in [6.07, 6.45) is 1.06. The number of carbonyl (C=O) groups excluding carboxylic acids is 1. The van der Waals surface area contributed by atoms with Crippen molar-refractivity contribution < 1.29 is 13.9 Å². The van der Waals surface area contributed by atoms with E-state index in [1.54, 1.807) is 18.2 Å². The van der Waals surface area contributed by atoms with Crippen LogP contribution < -0.4 is 15.8 Å². The van der Waals surface area contributed by atoms with Gasteiger partial charge in [-0.1, -0.05) is 0 Å². The quantitative estimate of drug-likeness (QED) is 0.808. The molecule has 0 radical (unpaired) electrons. The van der Waals surface area contributed by atoms with Crippen LogP contribution in [0.25, 0.3) is 0 Å². The van der Waals surface area contributed by atoms with Crippen molar-refractivity contribution in [3.63, 3.8) is 0 Å². The molecule has 0 aliphatic carbocycles. The van der Waals surface area contributed by atoms with Crippen LogP contribution in [0, 0.1) is 5.82 Å². The molecule has 0 unspecified atom stereocenters. The number of hydrogen-bond acceptors (Lipinski definition) is 3. The number of nitrogens with one attached hydrogen (secondary N) is 1. The molecule has 0 saturated carbocycles. The van der Waals surface area contributed by atoms with Crippen molar-refractivity contribution in [2.75, 3.05) is 11.1 Å². The van der Waals surface area contributed by atoms with Crippen LogP contribution in [0.4, 0.5) is 15.8 Å². The molecule has 4 nitrogen and oxygen atoms in total. The standard InChI is InChI=1S/C15H12BrFN2O2/c16-10-3-2-9(17)6-13(10)21-14-5-8-1-4-15(20)19-12(8)7-11(14)18/h2-3,5-7H,1,4,18H2,(H,19,20). The zero-order valence-electron chi connectivity index (χ0n) is 11.0. The number of nitrogen functional groups attached to an aromatic ring is 1. The number of ether oxygens (including phenoxy) is 1. The maximum absolute atomic E-state index is 13.3. The summed E-state index contributed by atoms with van der Waals surface area (Å²) in [4.78, 5) is 11.4. The molecule has 0 saturated heterocycles. The molecule has 0 fully saturated rings. The number of fused-ring (bicyclic) bond motifs is 1. The van der Waals surface area contributed by atoms with Crippen LogP contribution >= 0.6 is 15.9 Å². The van der Waals surface area contributed by atoms with E-state index in [0.717, 1.165) is 5.56 Å². The first-order valence-electron chi connectivity index (χ1n) is 6.38. The maximum Gasteiger partial charge on any atom is 0.224 e. The first-order valence-corrected chi connectivity index (χ1v) is 7.17. The SMILES string of the molecule is Nc1cc2c(cc1Oc1cc(F)ccc1Br)CCC(=O)N2. The molecule has 0 aromatic heterocycles. The molecule has 1 amide bonds. The molecule has 3 rings (SSSR count). The van der Waals surface area contributed by atoms with Crippen LogP contribution in [-0.2, 0) is 11.2 Å². The molecule has 1 heterocycles. The summed E-state index contributed by atoms with van der Waals surface area (Å²) in [6, 6.07) is 7.63. The van der Waals surface area contributed by atoms with Crippen LogP contribution in [0.15, 0.2) is 34.8 Å². The lowest BCUT2D eigenvalue weighted by Crippen LogP contribution is -2.19. The Morgan fingerprint density at radius 2 is 2.00 bits per heavy atom. The predicted molar refractivity (Wildman–Crippen MR) is 82.0 cm³/mol. The lowest BCUT2D eigenvalue weighted by atomic mass is 10.0. The summed E-state index contributed by atoms with van der Waals surface area (Å²) in [7, 11) is 0. The van der Waals surface area contributed by atoms with Gasteiger partial charge in [0.1, 0.15) is 11.6 Å². The Morgan fingerprint density at radius 1 is 1.19 bits per heavy atom. The zero-order valence-corrected chi connectivity index (χ0v) is 12.5. The highest BCUT2D eigenvalue weighted by Gasteiger charge is 2.18. The van der Waals surface area contributed by atoms with Crippen molar-refractivity contribution in [2.24, 2.45) is 0 Å². The molecule has 2 aromatic carbocycles. The Bertz CT molecular complexity index is 734. The van der Waals surface area contributed by atoms with Gasteiger partial charge in [-0.25, -0.2) is 4.39 Å². The average molecular weight is 351 g/mol. The lowest BCUT2D eigenvalue weighted by molar-refractivity contribution is -0.116. The molecule has 108 valence electrons. The third-order valence-corrected chi connectivity index (χ3v) is 3.90. The van der Waals surface area contributed by atoms with Gasteiger partial charge in [0.2, 0.25) is 5.91 Å². The molecule has 3 N–H and O–H groups in total. The highest BCUT2D eigenvalue weighted by Crippen LogP contribution is 2.37. The molecule has 0 spiro atoms. The summed E-state index contributed by atoms with van der Waals surface area (Å²) in [5.41, 5.74) is 7.98. The number of rotatable bonds is 2. The van der Waals surface area contributed by atoms with Gasteiger partial charge in [-0.15, -0.1) is 0 Å². The van der Waals surface area contributed by atoms with E-state index in [9.17, 15) is 9.18 Å². The number of benzene rings is 2. The summed E-state index contributed by atoms with van der Waals surface area (Å²) >= 11 is 3.31. The molecule has 1 aliphatic rings. The largest absolute Gasteiger partial charge is 0.454 e. The molecular weight excluding hydrogens is 339 g/mol. The van der Waals surface area contributed by atoms with E-state index in [0.29, 0.717) is 40.2 Å². The fourth-order valence-electron chi connectivity index (χ4n) is 2.19. The third-order valence-electron chi connectivity index (χ3n) is 3.24. The van der Waals surface area contributed by atoms with Crippen LogP contribution in [0.2, 0.25) is 0 Å². The van der Waals surface area contributed by atoms with Crippen LogP contribution in [0.5, 0.6) is 11.5 Å². The highest BCUT2D eigenvalue weighted by atomic mass is 79.9. The number of nitrogens with two attached hydrogens (primary N) is 1. The van der Waals surface area contributed by atoms with E-state index < -0.39 is 5.82 Å². The third kappa shape index (κ3) is 2.85. The van der Waals surface area contributed by atoms with Gasteiger partial charge in [-0.2, -0.15) is 0 Å². The van der Waals surface area contributed by atoms with E-state index in [2.05, 4.69) is 21.2 Å². The van der Waals surface area contributed by atoms with Gasteiger partial charge in [0.05, 0.1) is 10.2 Å². The first-order chi connectivity index (χ1) is 10.0. The van der Waals surface area contributed by atoms with Gasteiger partial charge >= 0.3 is 0 Å². The number of amides is 1. The molecule has 2 aromatic rings. The van der Waals surface area contributed by atoms with Gasteiger partial charge < -0.3 is 15.8 Å². The maximum atomic E-state index is 13.3. The average Bonchev–Trinajstić information content (AvgIpc) is 2.44. The first kappa shape index (κ1) is 13.9. The minimum Gasteiger partial charge on any atom is -0.454 e. The van der Waals surface area contributed by atoms with E-state index in [1.165, 1.54) is 12.1 Å². The predicted octanol–water partition coefficient (Wildman–Crippen LogP) is 3.85. The van der Waals surface area contributed by atoms with Gasteiger partial charge in [0, 0.05) is 18.2 Å². The Balaban J connectivity index is 1.96. The Kier molecular flexibility index (Phi) is 3.55. The van der Waals surface area contributed by atoms with Crippen LogP contribution in [0.3, 0.4) is 0 Å². The lowest BCUT2D eigenvalue weighted by Gasteiger charge is -2.19. The Morgan fingerprint density at radius 3 is 2.81 bits per heavy atom. The fraction of sp³-hybridized carbons (Fsp3) is 0.133. The van der Waals surface area contributed by atoms with Gasteiger partial charge in [-0.3, -0.25) is 4.79 Å². The Labute approximate surface area is 129 Å². The second-order valence-corrected chi connectivity index (χ2v) is 5.63. The second-order valence-electron chi connectivity index (χ2n) is 4.77. The molecular formula is C15H12BrFN2O2. The van der Waals surface area contributed by atoms with Gasteiger partial charge in [-0.05, 0) is 52.2 Å². The van der Waals surface area contributed by atoms with Gasteiger partial charge in [0.15, 0.2) is 5.75 Å². The topological polar surface area (TPSA) is 64.3 Å². The van der Waals surface area contributed by atoms with Crippen molar-refractivity contribution >= 4 is 33.2 Å². The number of hydrogen-bond donors (Lipinski definition) is 2. The van der Waals surface area contributed by atoms with Crippen molar-refractivity contribution in [3.8, 4) is 11.5 Å². The van der Waals surface area contributed by atoms with Crippen molar-refractivity contribution in [1.82, 2.24) is 0 Å². The minimum absolute atomic E-state index is 0.0246. The van der Waals surface area contributed by atoms with E-state index >= 15 is 0 Å². The molecule has 1 aliphatic heterocycles. The van der Waals surface area contributed by atoms with Crippen LogP contribution in [0.1, 0.15) is 12.0 Å². The van der Waals surface area contributed by atoms with E-state index in [-0.39, 0.29) is 5.91 Å². The molecule has 21 heavy (non-hydrogen) atoms. The van der Waals surface area contributed by atoms with Crippen molar-refractivity contribution in [2.45, 2.75) is 12.8 Å². The monoisotopic (exact) mass is 350 g/mol. The van der Waals surface area contributed by atoms with Crippen molar-refractivity contribution in [3.05, 3.63) is 46.2 Å². The molecule has 0 bridgehead atoms. The van der Waals surface area contributed by atoms with Crippen LogP contribution in [-0.4, -0.2) is 5.91 Å². The summed E-state index contributed by atoms with van der Waals surface area (Å²) < 4.78 is 19.6. The second kappa shape index (κ2) is 5.37. The number of anilines is 2. The summed E-state index contributed by atoms with van der Waals surface area (Å²) in [5.74, 6) is 0.373. The zero-order chi connectivity index (χ0) is 15.0. The minimum atomic E-state index is -0.392. The number of halogens is 2. The summed E-state index contributed by atoms with van der Waals surface area (Å²) in [5, 5.41) is 2.77. The highest BCUT2D eigenvalue weighted by molar-refractivity contribution is 9.10. The Hall–Kier alpha value is -2.08.